The summed E-state index contributed by atoms with van der Waals surface area (Å²) in [5, 5.41) is 0. The maximum Gasteiger partial charge on any atom is 0.305 e. The second-order valence-corrected chi connectivity index (χ2v) is 6.25. The van der Waals surface area contributed by atoms with Crippen LogP contribution in [0, 0.1) is 0 Å². The highest BCUT2D eigenvalue weighted by Gasteiger charge is 2.05. The van der Waals surface area contributed by atoms with Gasteiger partial charge in [-0.25, -0.2) is 0 Å². The van der Waals surface area contributed by atoms with E-state index in [1.807, 2.05) is 6.92 Å². The quantitative estimate of drug-likeness (QED) is 0.306. The highest BCUT2D eigenvalue weighted by atomic mass is 16.5. The molecule has 0 aromatic carbocycles. The smallest absolute Gasteiger partial charge is 0.305 e. The summed E-state index contributed by atoms with van der Waals surface area (Å²) in [5.74, 6) is -0.192. The molecule has 0 rings (SSSR count). The van der Waals surface area contributed by atoms with E-state index in [0.29, 0.717) is 26.1 Å². The van der Waals surface area contributed by atoms with Gasteiger partial charge in [0.25, 0.3) is 0 Å². The molecule has 0 fully saturated rings. The number of unbranched alkanes of at least 4 members (excludes halogenated alkanes) is 6. The van der Waals surface area contributed by atoms with Crippen LogP contribution in [0.2, 0.25) is 0 Å². The van der Waals surface area contributed by atoms with Crippen LogP contribution in [0.5, 0.6) is 0 Å². The number of hydrogen-bond donors (Lipinski definition) is 0. The van der Waals surface area contributed by atoms with Crippen molar-refractivity contribution in [1.29, 1.82) is 0 Å². The molecule has 1 atom stereocenters. The molecule has 0 aliphatic carbocycles. The molecule has 0 amide bonds. The first-order valence-corrected chi connectivity index (χ1v) is 9.44. The van der Waals surface area contributed by atoms with Crippen LogP contribution in [0.4, 0.5) is 0 Å². The third kappa shape index (κ3) is 15.8. The topological polar surface area (TPSA) is 61.8 Å². The van der Waals surface area contributed by atoms with Crippen molar-refractivity contribution in [2.45, 2.75) is 90.6 Å². The normalized spacial score (nSPS) is 12.0. The number of esters is 2. The second kappa shape index (κ2) is 16.7. The first kappa shape index (κ1) is 22.9. The molecule has 0 aromatic heterocycles. The van der Waals surface area contributed by atoms with Crippen molar-refractivity contribution >= 4 is 11.9 Å². The molecule has 0 aliphatic rings. The zero-order valence-corrected chi connectivity index (χ0v) is 15.8. The van der Waals surface area contributed by atoms with Crippen molar-refractivity contribution < 1.29 is 23.8 Å². The number of carbonyl (C=O) groups excluding carboxylic acids is 2. The minimum absolute atomic E-state index is 0.0750. The van der Waals surface area contributed by atoms with Crippen LogP contribution in [-0.4, -0.2) is 38.4 Å². The molecule has 0 radical (unpaired) electrons. The van der Waals surface area contributed by atoms with Gasteiger partial charge in [-0.2, -0.15) is 0 Å². The maximum absolute atomic E-state index is 11.5. The van der Waals surface area contributed by atoms with Gasteiger partial charge in [-0.05, 0) is 26.2 Å². The first-order valence-electron chi connectivity index (χ1n) is 9.44. The summed E-state index contributed by atoms with van der Waals surface area (Å²) in [5.41, 5.74) is 0. The first-order chi connectivity index (χ1) is 11.6. The predicted molar refractivity (Wildman–Crippen MR) is 94.9 cm³/mol. The highest BCUT2D eigenvalue weighted by Crippen LogP contribution is 2.10. The van der Waals surface area contributed by atoms with E-state index in [2.05, 4.69) is 6.92 Å². The molecule has 0 heterocycles. The third-order valence-corrected chi connectivity index (χ3v) is 3.96. The molecule has 0 N–H and O–H groups in total. The molecule has 1 unspecified atom stereocenters. The lowest BCUT2D eigenvalue weighted by Gasteiger charge is -2.09. The van der Waals surface area contributed by atoms with E-state index in [1.165, 1.54) is 0 Å². The SMILES string of the molecule is CCCCOC(=O)CCCCCCCCC(=O)OCCC(C)OC. The Bertz CT molecular complexity index is 317. The Hall–Kier alpha value is -1.10. The van der Waals surface area contributed by atoms with Gasteiger partial charge in [0.15, 0.2) is 0 Å². The molecular formula is C19H36O5. The number of methoxy groups -OCH3 is 1. The monoisotopic (exact) mass is 344 g/mol. The van der Waals surface area contributed by atoms with Gasteiger partial charge in [0.1, 0.15) is 0 Å². The van der Waals surface area contributed by atoms with E-state index in [4.69, 9.17) is 14.2 Å². The fourth-order valence-corrected chi connectivity index (χ4v) is 2.18. The average molecular weight is 344 g/mol. The van der Waals surface area contributed by atoms with Crippen LogP contribution >= 0.6 is 0 Å². The summed E-state index contributed by atoms with van der Waals surface area (Å²) < 4.78 is 15.4. The van der Waals surface area contributed by atoms with Crippen LogP contribution in [0.25, 0.3) is 0 Å². The van der Waals surface area contributed by atoms with E-state index in [-0.39, 0.29) is 18.0 Å². The zero-order chi connectivity index (χ0) is 18.0. The van der Waals surface area contributed by atoms with Crippen LogP contribution in [-0.2, 0) is 23.8 Å². The Morgan fingerprint density at radius 3 is 1.79 bits per heavy atom. The number of ether oxygens (including phenoxy) is 3. The number of carbonyl (C=O) groups is 2. The molecule has 0 saturated carbocycles. The predicted octanol–water partition coefficient (Wildman–Crippen LogP) is 4.42. The Morgan fingerprint density at radius 1 is 0.792 bits per heavy atom. The molecule has 5 heteroatoms. The summed E-state index contributed by atoms with van der Waals surface area (Å²) in [7, 11) is 1.65. The second-order valence-electron chi connectivity index (χ2n) is 6.25. The molecule has 0 spiro atoms. The van der Waals surface area contributed by atoms with Gasteiger partial charge in [0.2, 0.25) is 0 Å². The van der Waals surface area contributed by atoms with Gasteiger partial charge in [-0.3, -0.25) is 9.59 Å². The van der Waals surface area contributed by atoms with Gasteiger partial charge in [-0.1, -0.05) is 39.0 Å². The van der Waals surface area contributed by atoms with Gasteiger partial charge < -0.3 is 14.2 Å². The van der Waals surface area contributed by atoms with Crippen molar-refractivity contribution in [3.63, 3.8) is 0 Å². The lowest BCUT2D eigenvalue weighted by molar-refractivity contribution is -0.145. The van der Waals surface area contributed by atoms with Crippen LogP contribution in [0.3, 0.4) is 0 Å². The molecular weight excluding hydrogens is 308 g/mol. The Morgan fingerprint density at radius 2 is 1.29 bits per heavy atom. The summed E-state index contributed by atoms with van der Waals surface area (Å²) in [4.78, 5) is 22.9. The minimum Gasteiger partial charge on any atom is -0.466 e. The van der Waals surface area contributed by atoms with Gasteiger partial charge in [0, 0.05) is 26.4 Å². The van der Waals surface area contributed by atoms with Crippen molar-refractivity contribution in [1.82, 2.24) is 0 Å². The average Bonchev–Trinajstić information content (AvgIpc) is 2.57. The zero-order valence-electron chi connectivity index (χ0n) is 15.8. The standard InChI is InChI=1S/C19H36O5/c1-4-5-15-23-18(20)12-10-8-6-7-9-11-13-19(21)24-16-14-17(2)22-3/h17H,4-16H2,1-3H3. The molecule has 5 nitrogen and oxygen atoms in total. The summed E-state index contributed by atoms with van der Waals surface area (Å²) in [6, 6.07) is 0. The van der Waals surface area contributed by atoms with Crippen LogP contribution in [0.1, 0.15) is 84.5 Å². The fraction of sp³-hybridized carbons (Fsp3) is 0.895. The van der Waals surface area contributed by atoms with Crippen molar-refractivity contribution in [2.24, 2.45) is 0 Å². The summed E-state index contributed by atoms with van der Waals surface area (Å²) in [6.07, 6.45) is 9.91. The largest absolute Gasteiger partial charge is 0.466 e. The summed E-state index contributed by atoms with van der Waals surface area (Å²) in [6.45, 7) is 5.02. The van der Waals surface area contributed by atoms with Crippen molar-refractivity contribution in [3.05, 3.63) is 0 Å². The van der Waals surface area contributed by atoms with E-state index in [0.717, 1.165) is 57.8 Å². The highest BCUT2D eigenvalue weighted by molar-refractivity contribution is 5.69. The Labute approximate surface area is 147 Å². The third-order valence-electron chi connectivity index (χ3n) is 3.96. The fourth-order valence-electron chi connectivity index (χ4n) is 2.18. The van der Waals surface area contributed by atoms with Crippen molar-refractivity contribution in [2.75, 3.05) is 20.3 Å². The van der Waals surface area contributed by atoms with E-state index in [9.17, 15) is 9.59 Å². The van der Waals surface area contributed by atoms with E-state index < -0.39 is 0 Å². The lowest BCUT2D eigenvalue weighted by atomic mass is 10.1. The molecule has 0 aromatic rings. The van der Waals surface area contributed by atoms with Crippen LogP contribution in [0.15, 0.2) is 0 Å². The van der Waals surface area contributed by atoms with E-state index in [1.54, 1.807) is 7.11 Å². The lowest BCUT2D eigenvalue weighted by Crippen LogP contribution is -2.12. The minimum atomic E-state index is -0.117. The molecule has 142 valence electrons. The Kier molecular flexibility index (Phi) is 16.0. The molecule has 0 aliphatic heterocycles. The van der Waals surface area contributed by atoms with Gasteiger partial charge >= 0.3 is 11.9 Å². The van der Waals surface area contributed by atoms with Gasteiger partial charge in [0.05, 0.1) is 19.3 Å². The molecule has 0 saturated heterocycles. The van der Waals surface area contributed by atoms with E-state index >= 15 is 0 Å². The number of rotatable bonds is 16. The molecule has 0 bridgehead atoms. The molecule has 24 heavy (non-hydrogen) atoms. The number of hydrogen-bond acceptors (Lipinski definition) is 5. The van der Waals surface area contributed by atoms with Gasteiger partial charge in [-0.15, -0.1) is 0 Å². The summed E-state index contributed by atoms with van der Waals surface area (Å²) >= 11 is 0. The maximum atomic E-state index is 11.5. The Balaban J connectivity index is 3.29. The van der Waals surface area contributed by atoms with Crippen LogP contribution < -0.4 is 0 Å². The van der Waals surface area contributed by atoms with Crippen molar-refractivity contribution in [3.8, 4) is 0 Å².